The Hall–Kier alpha value is -3.17. The highest BCUT2D eigenvalue weighted by atomic mass is 16.6. The van der Waals surface area contributed by atoms with Gasteiger partial charge in [0, 0.05) is 19.2 Å². The van der Waals surface area contributed by atoms with Crippen LogP contribution in [0.5, 0.6) is 5.75 Å². The zero-order valence-electron chi connectivity index (χ0n) is 13.0. The largest absolute Gasteiger partial charge is 0.474 e. The first kappa shape index (κ1) is 17.2. The van der Waals surface area contributed by atoms with Crippen LogP contribution in [0.25, 0.3) is 0 Å². The summed E-state index contributed by atoms with van der Waals surface area (Å²) < 4.78 is 9.83. The van der Waals surface area contributed by atoms with Crippen LogP contribution in [-0.4, -0.2) is 54.0 Å². The Labute approximate surface area is 136 Å². The molecule has 1 saturated heterocycles. The van der Waals surface area contributed by atoms with Crippen molar-refractivity contribution in [3.8, 4) is 5.75 Å². The first-order valence-corrected chi connectivity index (χ1v) is 6.97. The number of amides is 3. The molecule has 10 nitrogen and oxygen atoms in total. The number of nitro groups is 1. The molecule has 0 spiro atoms. The van der Waals surface area contributed by atoms with Crippen LogP contribution in [0, 0.1) is 10.1 Å². The molecule has 128 valence electrons. The molecule has 3 amide bonds. The Morgan fingerprint density at radius 3 is 2.67 bits per heavy atom. The zero-order chi connectivity index (χ0) is 17.9. The molecule has 0 radical (unpaired) electrons. The van der Waals surface area contributed by atoms with Gasteiger partial charge in [0.2, 0.25) is 0 Å². The van der Waals surface area contributed by atoms with E-state index in [1.165, 1.54) is 19.1 Å². The van der Waals surface area contributed by atoms with Crippen LogP contribution >= 0.6 is 0 Å². The smallest absolute Gasteiger partial charge is 0.338 e. The van der Waals surface area contributed by atoms with Crippen LogP contribution in [0.15, 0.2) is 18.2 Å². The number of ether oxygens (including phenoxy) is 2. The molecule has 10 heteroatoms. The molecule has 0 unspecified atom stereocenters. The third kappa shape index (κ3) is 3.42. The fourth-order valence-electron chi connectivity index (χ4n) is 2.15. The molecule has 1 aliphatic rings. The van der Waals surface area contributed by atoms with Gasteiger partial charge in [0.05, 0.1) is 17.6 Å². The number of imide groups is 1. The van der Waals surface area contributed by atoms with E-state index < -0.39 is 34.6 Å². The number of hydrogen-bond acceptors (Lipinski definition) is 7. The van der Waals surface area contributed by atoms with E-state index in [9.17, 15) is 24.5 Å². The molecule has 1 aliphatic heterocycles. The van der Waals surface area contributed by atoms with Gasteiger partial charge in [-0.2, -0.15) is 0 Å². The topological polar surface area (TPSA) is 128 Å². The summed E-state index contributed by atoms with van der Waals surface area (Å²) in [6, 6.07) is 2.96. The lowest BCUT2D eigenvalue weighted by atomic mass is 10.2. The fraction of sp³-hybridized carbons (Fsp3) is 0.357. The molecule has 1 aromatic carbocycles. The number of urea groups is 1. The number of hydrogen-bond donors (Lipinski definition) is 1. The highest BCUT2D eigenvalue weighted by molar-refractivity contribution is 5.98. The summed E-state index contributed by atoms with van der Waals surface area (Å²) in [6.45, 7) is 1.92. The summed E-state index contributed by atoms with van der Waals surface area (Å²) in [5.74, 6) is -1.54. The molecule has 1 aromatic rings. The number of methoxy groups -OCH3 is 1. The van der Waals surface area contributed by atoms with Crippen molar-refractivity contribution in [2.24, 2.45) is 0 Å². The van der Waals surface area contributed by atoms with Crippen molar-refractivity contribution < 1.29 is 28.8 Å². The van der Waals surface area contributed by atoms with Crippen molar-refractivity contribution in [3.63, 3.8) is 0 Å². The van der Waals surface area contributed by atoms with Gasteiger partial charge in [-0.25, -0.2) is 9.59 Å². The van der Waals surface area contributed by atoms with E-state index in [0.717, 1.165) is 18.1 Å². The molecule has 2 rings (SSSR count). The second-order valence-electron chi connectivity index (χ2n) is 4.91. The lowest BCUT2D eigenvalue weighted by molar-refractivity contribution is -0.386. The average Bonchev–Trinajstić information content (AvgIpc) is 2.99. The molecule has 24 heavy (non-hydrogen) atoms. The van der Waals surface area contributed by atoms with Gasteiger partial charge in [-0.05, 0) is 19.1 Å². The Morgan fingerprint density at radius 2 is 2.12 bits per heavy atom. The minimum atomic E-state index is -1.11. The van der Waals surface area contributed by atoms with Crippen LogP contribution in [0.1, 0.15) is 17.3 Å². The number of benzene rings is 1. The number of nitrogens with zero attached hydrogens (tertiary/aromatic N) is 2. The van der Waals surface area contributed by atoms with Crippen molar-refractivity contribution in [1.29, 1.82) is 0 Å². The standard InChI is InChI=1S/C14H15N3O7/c1-8(12(18)16-6-5-15-14(16)20)24-11-4-3-9(13(19)23-2)7-10(11)17(21)22/h3-4,7-8H,5-6H2,1-2H3,(H,15,20)/t8-/m0/s1. The van der Waals surface area contributed by atoms with E-state index in [2.05, 4.69) is 10.1 Å². The van der Waals surface area contributed by atoms with E-state index in [0.29, 0.717) is 6.54 Å². The van der Waals surface area contributed by atoms with Crippen LogP contribution < -0.4 is 10.1 Å². The Balaban J connectivity index is 2.22. The maximum atomic E-state index is 12.2. The summed E-state index contributed by atoms with van der Waals surface area (Å²) in [7, 11) is 1.15. The van der Waals surface area contributed by atoms with Gasteiger partial charge in [0.15, 0.2) is 11.9 Å². The van der Waals surface area contributed by atoms with Gasteiger partial charge in [0.1, 0.15) is 0 Å². The molecule has 0 aliphatic carbocycles. The van der Waals surface area contributed by atoms with E-state index in [4.69, 9.17) is 4.74 Å². The minimum Gasteiger partial charge on any atom is -0.474 e. The minimum absolute atomic E-state index is 0.0190. The van der Waals surface area contributed by atoms with Crippen molar-refractivity contribution in [3.05, 3.63) is 33.9 Å². The molecular weight excluding hydrogens is 322 g/mol. The van der Waals surface area contributed by atoms with Crippen LogP contribution in [0.3, 0.4) is 0 Å². The number of carbonyl (C=O) groups excluding carboxylic acids is 3. The van der Waals surface area contributed by atoms with E-state index in [-0.39, 0.29) is 17.9 Å². The predicted molar refractivity (Wildman–Crippen MR) is 79.6 cm³/mol. The summed E-state index contributed by atoms with van der Waals surface area (Å²) in [4.78, 5) is 46.5. The molecule has 0 aromatic heterocycles. The summed E-state index contributed by atoms with van der Waals surface area (Å²) in [5, 5.41) is 13.6. The summed E-state index contributed by atoms with van der Waals surface area (Å²) >= 11 is 0. The van der Waals surface area contributed by atoms with Gasteiger partial charge in [-0.15, -0.1) is 0 Å². The summed E-state index contributed by atoms with van der Waals surface area (Å²) in [6.07, 6.45) is -1.11. The number of nitro benzene ring substituents is 1. The third-order valence-electron chi connectivity index (χ3n) is 3.35. The van der Waals surface area contributed by atoms with Crippen LogP contribution in [-0.2, 0) is 9.53 Å². The van der Waals surface area contributed by atoms with Crippen molar-refractivity contribution in [2.75, 3.05) is 20.2 Å². The normalized spacial score (nSPS) is 14.8. The zero-order valence-corrected chi connectivity index (χ0v) is 13.0. The number of rotatable bonds is 5. The SMILES string of the molecule is COC(=O)c1ccc(O[C@@H](C)C(=O)N2CCNC2=O)c([N+](=O)[O-])c1. The van der Waals surface area contributed by atoms with Crippen molar-refractivity contribution in [1.82, 2.24) is 10.2 Å². The lowest BCUT2D eigenvalue weighted by Gasteiger charge is -2.19. The van der Waals surface area contributed by atoms with Gasteiger partial charge >= 0.3 is 17.7 Å². The van der Waals surface area contributed by atoms with E-state index >= 15 is 0 Å². The molecule has 0 bridgehead atoms. The Kier molecular flexibility index (Phi) is 4.97. The third-order valence-corrected chi connectivity index (χ3v) is 3.35. The molecule has 1 atom stereocenters. The quantitative estimate of drug-likeness (QED) is 0.476. The second-order valence-corrected chi connectivity index (χ2v) is 4.91. The van der Waals surface area contributed by atoms with Crippen molar-refractivity contribution in [2.45, 2.75) is 13.0 Å². The van der Waals surface area contributed by atoms with Gasteiger partial charge in [-0.3, -0.25) is 19.8 Å². The number of esters is 1. The van der Waals surface area contributed by atoms with Gasteiger partial charge < -0.3 is 14.8 Å². The Morgan fingerprint density at radius 1 is 1.42 bits per heavy atom. The van der Waals surface area contributed by atoms with E-state index in [1.807, 2.05) is 0 Å². The fourth-order valence-corrected chi connectivity index (χ4v) is 2.15. The average molecular weight is 337 g/mol. The number of carbonyl (C=O) groups is 3. The lowest BCUT2D eigenvalue weighted by Crippen LogP contribution is -2.42. The first-order chi connectivity index (χ1) is 11.3. The monoisotopic (exact) mass is 337 g/mol. The van der Waals surface area contributed by atoms with Crippen LogP contribution in [0.2, 0.25) is 0 Å². The maximum Gasteiger partial charge on any atom is 0.338 e. The van der Waals surface area contributed by atoms with Crippen molar-refractivity contribution >= 4 is 23.6 Å². The number of nitrogens with one attached hydrogen (secondary N) is 1. The van der Waals surface area contributed by atoms with Gasteiger partial charge in [0.25, 0.3) is 5.91 Å². The second kappa shape index (κ2) is 6.94. The summed E-state index contributed by atoms with van der Waals surface area (Å²) in [5.41, 5.74) is -0.502. The first-order valence-electron chi connectivity index (χ1n) is 6.97. The predicted octanol–water partition coefficient (Wildman–Crippen LogP) is 0.701. The Bertz CT molecular complexity index is 704. The van der Waals surface area contributed by atoms with Crippen LogP contribution in [0.4, 0.5) is 10.5 Å². The maximum absolute atomic E-state index is 12.2. The highest BCUT2D eigenvalue weighted by Gasteiger charge is 2.32. The molecule has 1 N–H and O–H groups in total. The molecule has 1 fully saturated rings. The molecule has 0 saturated carbocycles. The molecular formula is C14H15N3O7. The highest BCUT2D eigenvalue weighted by Crippen LogP contribution is 2.29. The van der Waals surface area contributed by atoms with Gasteiger partial charge in [-0.1, -0.05) is 0 Å². The molecule has 1 heterocycles. The van der Waals surface area contributed by atoms with E-state index in [1.54, 1.807) is 0 Å².